The number of nitrogens with zero attached hydrogens (tertiary/aromatic N) is 1. The lowest BCUT2D eigenvalue weighted by molar-refractivity contribution is 0.181. The average Bonchev–Trinajstić information content (AvgIpc) is 2.91. The number of hydrogen-bond acceptors (Lipinski definition) is 1. The Morgan fingerprint density at radius 3 is 2.80 bits per heavy atom. The van der Waals surface area contributed by atoms with Gasteiger partial charge in [-0.1, -0.05) is 18.2 Å². The lowest BCUT2D eigenvalue weighted by atomic mass is 9.94. The Morgan fingerprint density at radius 2 is 2.10 bits per heavy atom. The summed E-state index contributed by atoms with van der Waals surface area (Å²) in [7, 11) is 0. The van der Waals surface area contributed by atoms with Crippen LogP contribution in [-0.2, 0) is 0 Å². The quantitative estimate of drug-likeness (QED) is 0.866. The van der Waals surface area contributed by atoms with E-state index in [2.05, 4.69) is 40.6 Å². The molecule has 4 nitrogen and oxygen atoms in total. The number of benzene rings is 1. The predicted octanol–water partition coefficient (Wildman–Crippen LogP) is 3.08. The van der Waals surface area contributed by atoms with Gasteiger partial charge in [-0.2, -0.15) is 0 Å². The molecule has 0 spiro atoms. The first-order chi connectivity index (χ1) is 9.78. The van der Waals surface area contributed by atoms with E-state index in [0.29, 0.717) is 12.5 Å². The molecule has 106 valence electrons. The number of hydrogen-bond donors (Lipinski definition) is 2. The maximum atomic E-state index is 11.8. The molecule has 1 aliphatic rings. The van der Waals surface area contributed by atoms with Crippen molar-refractivity contribution in [3.63, 3.8) is 0 Å². The summed E-state index contributed by atoms with van der Waals surface area (Å²) in [4.78, 5) is 17.2. The Hall–Kier alpha value is -1.97. The zero-order chi connectivity index (χ0) is 13.9. The summed E-state index contributed by atoms with van der Waals surface area (Å²) in [6, 6.07) is 10.7. The molecule has 20 heavy (non-hydrogen) atoms. The smallest absolute Gasteiger partial charge is 0.317 e. The molecular formula is C16H21N3O. The summed E-state index contributed by atoms with van der Waals surface area (Å²) in [6.07, 6.45) is 2.06. The minimum absolute atomic E-state index is 0.0718. The van der Waals surface area contributed by atoms with Gasteiger partial charge in [0, 0.05) is 36.8 Å². The van der Waals surface area contributed by atoms with Gasteiger partial charge in [0.15, 0.2) is 0 Å². The Labute approximate surface area is 119 Å². The summed E-state index contributed by atoms with van der Waals surface area (Å²) >= 11 is 0. The molecule has 2 N–H and O–H groups in total. The third-order valence-electron chi connectivity index (χ3n) is 4.10. The fourth-order valence-electron chi connectivity index (χ4n) is 2.97. The molecule has 0 unspecified atom stereocenters. The van der Waals surface area contributed by atoms with Gasteiger partial charge in [0.25, 0.3) is 0 Å². The van der Waals surface area contributed by atoms with E-state index in [4.69, 9.17) is 0 Å². The number of carbonyl (C=O) groups is 1. The van der Waals surface area contributed by atoms with E-state index >= 15 is 0 Å². The van der Waals surface area contributed by atoms with E-state index in [9.17, 15) is 4.79 Å². The van der Waals surface area contributed by atoms with E-state index in [0.717, 1.165) is 25.9 Å². The molecule has 2 aromatic rings. The number of carbonyl (C=O) groups excluding carboxylic acids is 1. The van der Waals surface area contributed by atoms with Crippen LogP contribution < -0.4 is 5.32 Å². The number of amides is 2. The number of likely N-dealkylation sites (tertiary alicyclic amines) is 1. The number of fused-ring (bicyclic) bond motifs is 1. The van der Waals surface area contributed by atoms with Crippen LogP contribution in [-0.4, -0.2) is 35.5 Å². The molecule has 0 radical (unpaired) electrons. The maximum absolute atomic E-state index is 11.8. The van der Waals surface area contributed by atoms with E-state index in [1.54, 1.807) is 0 Å². The Balaban J connectivity index is 1.67. The van der Waals surface area contributed by atoms with Crippen LogP contribution >= 0.6 is 0 Å². The van der Waals surface area contributed by atoms with Crippen molar-refractivity contribution in [1.29, 1.82) is 0 Å². The fourth-order valence-corrected chi connectivity index (χ4v) is 2.97. The van der Waals surface area contributed by atoms with Crippen LogP contribution in [0.2, 0.25) is 0 Å². The molecule has 1 fully saturated rings. The van der Waals surface area contributed by atoms with Crippen LogP contribution in [0.4, 0.5) is 4.79 Å². The van der Waals surface area contributed by atoms with Gasteiger partial charge in [0.1, 0.15) is 0 Å². The van der Waals surface area contributed by atoms with Crippen LogP contribution in [0.15, 0.2) is 30.3 Å². The summed E-state index contributed by atoms with van der Waals surface area (Å²) < 4.78 is 0. The van der Waals surface area contributed by atoms with Crippen molar-refractivity contribution in [3.8, 4) is 0 Å². The Morgan fingerprint density at radius 1 is 1.35 bits per heavy atom. The molecule has 1 aromatic carbocycles. The zero-order valence-electron chi connectivity index (χ0n) is 11.9. The molecular weight excluding hydrogens is 250 g/mol. The largest absolute Gasteiger partial charge is 0.358 e. The average molecular weight is 271 g/mol. The summed E-state index contributed by atoms with van der Waals surface area (Å²) in [5.41, 5.74) is 2.51. The van der Waals surface area contributed by atoms with Gasteiger partial charge < -0.3 is 15.2 Å². The molecule has 3 rings (SSSR count). The summed E-state index contributed by atoms with van der Waals surface area (Å²) in [5.74, 6) is 0.535. The fraction of sp³-hybridized carbons (Fsp3) is 0.438. The van der Waals surface area contributed by atoms with Crippen molar-refractivity contribution in [2.45, 2.75) is 25.7 Å². The van der Waals surface area contributed by atoms with Crippen LogP contribution in [0.5, 0.6) is 0 Å². The second-order valence-corrected chi connectivity index (χ2v) is 5.41. The molecule has 0 bridgehead atoms. The number of piperidine rings is 1. The van der Waals surface area contributed by atoms with Gasteiger partial charge in [0.2, 0.25) is 0 Å². The first-order valence-electron chi connectivity index (χ1n) is 7.38. The van der Waals surface area contributed by atoms with E-state index in [-0.39, 0.29) is 6.03 Å². The van der Waals surface area contributed by atoms with Crippen LogP contribution in [0.3, 0.4) is 0 Å². The molecule has 2 heterocycles. The molecule has 1 saturated heterocycles. The Kier molecular flexibility index (Phi) is 3.63. The minimum atomic E-state index is 0.0718. The molecule has 4 heteroatoms. The van der Waals surface area contributed by atoms with Crippen LogP contribution in [0, 0.1) is 0 Å². The topological polar surface area (TPSA) is 48.1 Å². The van der Waals surface area contributed by atoms with Gasteiger partial charge in [-0.15, -0.1) is 0 Å². The first kappa shape index (κ1) is 13.0. The number of urea groups is 1. The SMILES string of the molecule is CCNC(=O)N1CCC(c2cc3ccccc3[nH]2)CC1. The standard InChI is InChI=1S/C16H21N3O/c1-2-17-16(20)19-9-7-12(8-10-19)15-11-13-5-3-4-6-14(13)18-15/h3-6,11-12,18H,2,7-10H2,1H3,(H,17,20). The third kappa shape index (κ3) is 2.50. The highest BCUT2D eigenvalue weighted by atomic mass is 16.2. The lowest BCUT2D eigenvalue weighted by Gasteiger charge is -2.31. The van der Waals surface area contributed by atoms with Crippen molar-refractivity contribution in [3.05, 3.63) is 36.0 Å². The molecule has 1 aromatic heterocycles. The van der Waals surface area contributed by atoms with E-state index in [1.807, 2.05) is 11.8 Å². The zero-order valence-corrected chi connectivity index (χ0v) is 11.9. The maximum Gasteiger partial charge on any atom is 0.317 e. The van der Waals surface area contributed by atoms with Gasteiger partial charge in [-0.25, -0.2) is 4.79 Å². The van der Waals surface area contributed by atoms with Gasteiger partial charge in [0.05, 0.1) is 0 Å². The molecule has 0 aliphatic carbocycles. The summed E-state index contributed by atoms with van der Waals surface area (Å²) in [5, 5.41) is 4.14. The highest BCUT2D eigenvalue weighted by Gasteiger charge is 2.24. The lowest BCUT2D eigenvalue weighted by Crippen LogP contribution is -2.44. The third-order valence-corrected chi connectivity index (χ3v) is 4.10. The van der Waals surface area contributed by atoms with E-state index in [1.165, 1.54) is 16.6 Å². The predicted molar refractivity (Wildman–Crippen MR) is 80.9 cm³/mol. The van der Waals surface area contributed by atoms with Crippen LogP contribution in [0.25, 0.3) is 10.9 Å². The van der Waals surface area contributed by atoms with Crippen molar-refractivity contribution < 1.29 is 4.79 Å². The molecule has 2 amide bonds. The number of aromatic nitrogens is 1. The van der Waals surface area contributed by atoms with Gasteiger partial charge in [-0.05, 0) is 37.3 Å². The van der Waals surface area contributed by atoms with Crippen molar-refractivity contribution in [2.75, 3.05) is 19.6 Å². The second kappa shape index (κ2) is 5.57. The van der Waals surface area contributed by atoms with Crippen molar-refractivity contribution in [2.24, 2.45) is 0 Å². The monoisotopic (exact) mass is 271 g/mol. The molecule has 0 saturated carbocycles. The molecule has 1 aliphatic heterocycles. The number of H-pyrrole nitrogens is 1. The second-order valence-electron chi connectivity index (χ2n) is 5.41. The first-order valence-corrected chi connectivity index (χ1v) is 7.38. The van der Waals surface area contributed by atoms with Crippen molar-refractivity contribution in [1.82, 2.24) is 15.2 Å². The number of aromatic amines is 1. The number of para-hydroxylation sites is 1. The normalized spacial score (nSPS) is 16.6. The Bertz CT molecular complexity index is 564. The van der Waals surface area contributed by atoms with Crippen molar-refractivity contribution >= 4 is 16.9 Å². The summed E-state index contributed by atoms with van der Waals surface area (Å²) in [6.45, 7) is 4.33. The van der Waals surface area contributed by atoms with E-state index < -0.39 is 0 Å². The molecule has 0 atom stereocenters. The van der Waals surface area contributed by atoms with Gasteiger partial charge >= 0.3 is 6.03 Å². The highest BCUT2D eigenvalue weighted by Crippen LogP contribution is 2.29. The number of rotatable bonds is 2. The van der Waals surface area contributed by atoms with Gasteiger partial charge in [-0.3, -0.25) is 0 Å². The minimum Gasteiger partial charge on any atom is -0.358 e. The van der Waals surface area contributed by atoms with Crippen LogP contribution in [0.1, 0.15) is 31.4 Å². The highest BCUT2D eigenvalue weighted by molar-refractivity contribution is 5.80. The number of nitrogens with one attached hydrogen (secondary N) is 2.